The normalized spacial score (nSPS) is 12.7. The zero-order valence-corrected chi connectivity index (χ0v) is 19.8. The van der Waals surface area contributed by atoms with Crippen LogP contribution in [0.3, 0.4) is 0 Å². The molecule has 3 aromatic rings. The quantitative estimate of drug-likeness (QED) is 0.310. The lowest BCUT2D eigenvalue weighted by molar-refractivity contribution is -0.0437. The zero-order valence-electron chi connectivity index (χ0n) is 19.0. The van der Waals surface area contributed by atoms with Gasteiger partial charge in [-0.05, 0) is 66.1 Å². The van der Waals surface area contributed by atoms with E-state index in [4.69, 9.17) is 10.5 Å². The Morgan fingerprint density at radius 1 is 0.943 bits per heavy atom. The van der Waals surface area contributed by atoms with Crippen LogP contribution < -0.4 is 14.8 Å². The van der Waals surface area contributed by atoms with E-state index in [9.17, 15) is 21.6 Å². The summed E-state index contributed by atoms with van der Waals surface area (Å²) in [6.07, 6.45) is 3.64. The van der Waals surface area contributed by atoms with Gasteiger partial charge in [-0.2, -0.15) is 21.6 Å². The fourth-order valence-corrected chi connectivity index (χ4v) is 3.78. The molecule has 35 heavy (non-hydrogen) atoms. The van der Waals surface area contributed by atoms with Gasteiger partial charge in [-0.25, -0.2) is 0 Å². The summed E-state index contributed by atoms with van der Waals surface area (Å²) < 4.78 is 67.2. The number of hydrogen-bond donors (Lipinski definition) is 1. The van der Waals surface area contributed by atoms with Crippen molar-refractivity contribution in [1.82, 2.24) is 0 Å². The van der Waals surface area contributed by atoms with Gasteiger partial charge in [0.1, 0.15) is 17.3 Å². The summed E-state index contributed by atoms with van der Waals surface area (Å²) in [6, 6.07) is 20.5. The number of sulfonamides is 1. The minimum Gasteiger partial charge on any atom is -0.457 e. The van der Waals surface area contributed by atoms with E-state index in [-0.39, 0.29) is 9.99 Å². The number of nitrogens with zero attached hydrogens (tertiary/aromatic N) is 2. The minimum absolute atomic E-state index is 0.136. The topological polar surface area (TPSA) is 85.0 Å². The van der Waals surface area contributed by atoms with Crippen molar-refractivity contribution in [1.29, 1.82) is 0 Å². The highest BCUT2D eigenvalue weighted by Crippen LogP contribution is 2.32. The molecule has 6 nitrogen and oxygen atoms in total. The molecule has 0 unspecified atom stereocenters. The number of anilines is 1. The van der Waals surface area contributed by atoms with Gasteiger partial charge in [-0.3, -0.25) is 9.30 Å². The van der Waals surface area contributed by atoms with Gasteiger partial charge in [0.2, 0.25) is 0 Å². The lowest BCUT2D eigenvalue weighted by Gasteiger charge is -2.21. The number of amidine groups is 1. The Kier molecular flexibility index (Phi) is 7.85. The molecule has 3 rings (SSSR count). The number of alkyl halides is 3. The van der Waals surface area contributed by atoms with Crippen molar-refractivity contribution in [2.75, 3.05) is 17.9 Å². The summed E-state index contributed by atoms with van der Waals surface area (Å²) in [7, 11) is -4.62. The van der Waals surface area contributed by atoms with Crippen molar-refractivity contribution in [3.05, 3.63) is 84.4 Å². The molecule has 0 saturated carbocycles. The highest BCUT2D eigenvalue weighted by Gasteiger charge is 2.49. The Morgan fingerprint density at radius 2 is 1.43 bits per heavy atom. The number of rotatable bonds is 8. The smallest absolute Gasteiger partial charge is 0.457 e. The van der Waals surface area contributed by atoms with Gasteiger partial charge in [0.05, 0.1) is 5.69 Å². The molecule has 0 aliphatic carbocycles. The third kappa shape index (κ3) is 6.42. The van der Waals surface area contributed by atoms with Crippen LogP contribution in [0, 0.1) is 0 Å². The molecule has 0 bridgehead atoms. The molecule has 0 fully saturated rings. The Labute approximate surface area is 202 Å². The first-order chi connectivity index (χ1) is 16.5. The Morgan fingerprint density at radius 3 is 1.91 bits per heavy atom. The Balaban J connectivity index is 1.66. The van der Waals surface area contributed by atoms with E-state index < -0.39 is 15.5 Å². The SMILES string of the molecule is CCN=C(N)/C=C/c1ccc(-c2ccc(Oc3ccc(N(C)S(=O)(=O)C(F)(F)F)cc3)cc2)cc1. The number of aliphatic imine (C=N–C) groups is 1. The van der Waals surface area contributed by atoms with Crippen molar-refractivity contribution in [3.8, 4) is 22.6 Å². The van der Waals surface area contributed by atoms with Crippen LogP contribution in [0.15, 0.2) is 83.9 Å². The first-order valence-electron chi connectivity index (χ1n) is 10.5. The number of halogens is 3. The van der Waals surface area contributed by atoms with Crippen LogP contribution in [0.5, 0.6) is 11.5 Å². The predicted octanol–water partition coefficient (Wildman–Crippen LogP) is 5.82. The molecule has 10 heteroatoms. The summed E-state index contributed by atoms with van der Waals surface area (Å²) in [5, 5.41) is 0. The van der Waals surface area contributed by atoms with Crippen molar-refractivity contribution in [3.63, 3.8) is 0 Å². The molecule has 0 heterocycles. The molecule has 0 aromatic heterocycles. The maximum Gasteiger partial charge on any atom is 0.516 e. The average Bonchev–Trinajstić information content (AvgIpc) is 2.83. The average molecular weight is 504 g/mol. The third-order valence-electron chi connectivity index (χ3n) is 4.97. The molecule has 3 aromatic carbocycles. The third-order valence-corrected chi connectivity index (χ3v) is 6.49. The van der Waals surface area contributed by atoms with Gasteiger partial charge >= 0.3 is 15.5 Å². The number of benzene rings is 3. The van der Waals surface area contributed by atoms with Gasteiger partial charge in [0, 0.05) is 13.6 Å². The fourth-order valence-electron chi connectivity index (χ4n) is 3.07. The molecule has 0 saturated heterocycles. The monoisotopic (exact) mass is 503 g/mol. The van der Waals surface area contributed by atoms with Crippen LogP contribution in [0.1, 0.15) is 12.5 Å². The van der Waals surface area contributed by atoms with E-state index in [0.29, 0.717) is 23.9 Å². The lowest BCUT2D eigenvalue weighted by Crippen LogP contribution is -2.38. The van der Waals surface area contributed by atoms with E-state index >= 15 is 0 Å². The van der Waals surface area contributed by atoms with Crippen molar-refractivity contribution in [2.24, 2.45) is 10.7 Å². The van der Waals surface area contributed by atoms with Crippen molar-refractivity contribution < 1.29 is 26.3 Å². The second-order valence-electron chi connectivity index (χ2n) is 7.39. The molecule has 0 radical (unpaired) electrons. The van der Waals surface area contributed by atoms with Crippen LogP contribution in [0.4, 0.5) is 18.9 Å². The van der Waals surface area contributed by atoms with E-state index in [1.807, 2.05) is 49.4 Å². The molecular formula is C25H24F3N3O3S. The van der Waals surface area contributed by atoms with Gasteiger partial charge in [0.25, 0.3) is 0 Å². The largest absolute Gasteiger partial charge is 0.516 e. The highest BCUT2D eigenvalue weighted by atomic mass is 32.2. The van der Waals surface area contributed by atoms with E-state index in [1.54, 1.807) is 18.2 Å². The van der Waals surface area contributed by atoms with Crippen molar-refractivity contribution >= 4 is 27.6 Å². The number of ether oxygens (including phenoxy) is 1. The molecule has 2 N–H and O–H groups in total. The van der Waals surface area contributed by atoms with Gasteiger partial charge in [0.15, 0.2) is 0 Å². The summed E-state index contributed by atoms with van der Waals surface area (Å²) in [6.45, 7) is 2.54. The van der Waals surface area contributed by atoms with Crippen LogP contribution in [-0.2, 0) is 10.0 Å². The molecular weight excluding hydrogens is 479 g/mol. The number of nitrogens with two attached hydrogens (primary N) is 1. The van der Waals surface area contributed by atoms with Crippen LogP contribution in [-0.4, -0.2) is 33.4 Å². The van der Waals surface area contributed by atoms with E-state index in [0.717, 1.165) is 23.7 Å². The van der Waals surface area contributed by atoms with Crippen LogP contribution >= 0.6 is 0 Å². The fraction of sp³-hybridized carbons (Fsp3) is 0.160. The standard InChI is InChI=1S/C25H24F3N3O3S/c1-3-30-24(29)17-6-18-4-7-19(8-5-18)20-9-13-22(14-10-20)34-23-15-11-21(12-16-23)31(2)35(32,33)25(26,27)28/h4-17H,3H2,1-2H3,(H2,29,30)/b17-6+. The first-order valence-corrected chi connectivity index (χ1v) is 12.0. The maximum absolute atomic E-state index is 12.7. The summed E-state index contributed by atoms with van der Waals surface area (Å²) >= 11 is 0. The molecule has 184 valence electrons. The summed E-state index contributed by atoms with van der Waals surface area (Å²) in [5.41, 5.74) is 3.20. The maximum atomic E-state index is 12.7. The number of hydrogen-bond acceptors (Lipinski definition) is 4. The first kappa shape index (κ1) is 25.8. The molecule has 0 amide bonds. The highest BCUT2D eigenvalue weighted by molar-refractivity contribution is 7.93. The van der Waals surface area contributed by atoms with Gasteiger partial charge in [-0.15, -0.1) is 0 Å². The van der Waals surface area contributed by atoms with Crippen molar-refractivity contribution in [2.45, 2.75) is 12.4 Å². The summed E-state index contributed by atoms with van der Waals surface area (Å²) in [5.74, 6) is 1.34. The Bertz CT molecular complexity index is 1300. The van der Waals surface area contributed by atoms with Gasteiger partial charge in [-0.1, -0.05) is 42.5 Å². The second kappa shape index (κ2) is 10.6. The van der Waals surface area contributed by atoms with Gasteiger partial charge < -0.3 is 10.5 Å². The molecule has 0 spiro atoms. The summed E-state index contributed by atoms with van der Waals surface area (Å²) in [4.78, 5) is 4.10. The van der Waals surface area contributed by atoms with Crippen LogP contribution in [0.25, 0.3) is 17.2 Å². The predicted molar refractivity (Wildman–Crippen MR) is 133 cm³/mol. The molecule has 0 aliphatic heterocycles. The second-order valence-corrected chi connectivity index (χ2v) is 9.35. The van der Waals surface area contributed by atoms with E-state index in [1.165, 1.54) is 24.3 Å². The zero-order chi connectivity index (χ0) is 25.6. The lowest BCUT2D eigenvalue weighted by atomic mass is 10.0. The molecule has 0 atom stereocenters. The molecule has 0 aliphatic rings. The van der Waals surface area contributed by atoms with E-state index in [2.05, 4.69) is 4.99 Å². The minimum atomic E-state index is -5.47. The van der Waals surface area contributed by atoms with Crippen LogP contribution in [0.2, 0.25) is 0 Å². The Hall–Kier alpha value is -3.79.